The van der Waals surface area contributed by atoms with Crippen LogP contribution in [0.1, 0.15) is 38.5 Å². The Morgan fingerprint density at radius 3 is 2.60 bits per heavy atom. The molecule has 0 aromatic heterocycles. The van der Waals surface area contributed by atoms with Crippen molar-refractivity contribution >= 4 is 0 Å². The molecule has 2 aliphatic heterocycles. The molecule has 0 aromatic rings. The van der Waals surface area contributed by atoms with E-state index in [2.05, 4.69) is 0 Å². The maximum atomic E-state index is 10.4. The summed E-state index contributed by atoms with van der Waals surface area (Å²) in [5.41, 5.74) is -0.409. The van der Waals surface area contributed by atoms with Gasteiger partial charge in [0.15, 0.2) is 0 Å². The molecule has 0 radical (unpaired) electrons. The van der Waals surface area contributed by atoms with E-state index in [4.69, 9.17) is 9.47 Å². The molecule has 3 rings (SSSR count). The number of ether oxygens (including phenoxy) is 2. The van der Waals surface area contributed by atoms with Gasteiger partial charge in [0, 0.05) is 19.6 Å². The summed E-state index contributed by atoms with van der Waals surface area (Å²) in [5, 5.41) is 10.4. The SMILES string of the molecule is OC1(C2CCOC3(CCOC3)C2)CCC1. The average Bonchev–Trinajstić information content (AvgIpc) is 2.63. The van der Waals surface area contributed by atoms with Crippen LogP contribution in [-0.4, -0.2) is 36.1 Å². The lowest BCUT2D eigenvalue weighted by Gasteiger charge is -2.49. The summed E-state index contributed by atoms with van der Waals surface area (Å²) in [7, 11) is 0. The molecule has 1 aliphatic carbocycles. The molecular formula is C12H20O3. The summed E-state index contributed by atoms with van der Waals surface area (Å²) in [5.74, 6) is 0.446. The topological polar surface area (TPSA) is 38.7 Å². The molecule has 86 valence electrons. The number of rotatable bonds is 1. The van der Waals surface area contributed by atoms with Crippen LogP contribution < -0.4 is 0 Å². The minimum atomic E-state index is -0.362. The van der Waals surface area contributed by atoms with Gasteiger partial charge in [-0.1, -0.05) is 0 Å². The largest absolute Gasteiger partial charge is 0.390 e. The third kappa shape index (κ3) is 1.61. The van der Waals surface area contributed by atoms with Crippen LogP contribution in [0.2, 0.25) is 0 Å². The van der Waals surface area contributed by atoms with Crippen molar-refractivity contribution in [3.8, 4) is 0 Å². The van der Waals surface area contributed by atoms with Crippen LogP contribution in [0.25, 0.3) is 0 Å². The standard InChI is InChI=1S/C12H20O3/c13-12(3-1-4-12)10-2-6-15-11(8-10)5-7-14-9-11/h10,13H,1-9H2. The quantitative estimate of drug-likeness (QED) is 0.715. The Hall–Kier alpha value is -0.120. The zero-order valence-electron chi connectivity index (χ0n) is 9.21. The van der Waals surface area contributed by atoms with Gasteiger partial charge in [-0.2, -0.15) is 0 Å². The predicted molar refractivity (Wildman–Crippen MR) is 55.6 cm³/mol. The van der Waals surface area contributed by atoms with E-state index in [1.54, 1.807) is 0 Å². The first-order chi connectivity index (χ1) is 7.23. The molecule has 3 fully saturated rings. The second-order valence-corrected chi connectivity index (χ2v) is 5.48. The van der Waals surface area contributed by atoms with E-state index in [0.29, 0.717) is 5.92 Å². The van der Waals surface area contributed by atoms with Crippen LogP contribution in [0.15, 0.2) is 0 Å². The zero-order chi connectivity index (χ0) is 10.4. The van der Waals surface area contributed by atoms with E-state index in [0.717, 1.165) is 51.9 Å². The Balaban J connectivity index is 1.70. The van der Waals surface area contributed by atoms with Crippen molar-refractivity contribution in [1.29, 1.82) is 0 Å². The highest BCUT2D eigenvalue weighted by Crippen LogP contribution is 2.47. The van der Waals surface area contributed by atoms with E-state index in [9.17, 15) is 5.11 Å². The molecule has 3 nitrogen and oxygen atoms in total. The fourth-order valence-corrected chi connectivity index (χ4v) is 3.30. The molecule has 3 heteroatoms. The molecule has 0 amide bonds. The van der Waals surface area contributed by atoms with Crippen molar-refractivity contribution in [2.24, 2.45) is 5.92 Å². The van der Waals surface area contributed by atoms with Gasteiger partial charge in [0.2, 0.25) is 0 Å². The Morgan fingerprint density at radius 1 is 1.13 bits per heavy atom. The third-order valence-electron chi connectivity index (χ3n) is 4.54. The van der Waals surface area contributed by atoms with Gasteiger partial charge >= 0.3 is 0 Å². The highest BCUT2D eigenvalue weighted by atomic mass is 16.6. The first-order valence-electron chi connectivity index (χ1n) is 6.17. The highest BCUT2D eigenvalue weighted by Gasteiger charge is 2.49. The fourth-order valence-electron chi connectivity index (χ4n) is 3.30. The van der Waals surface area contributed by atoms with Crippen molar-refractivity contribution in [1.82, 2.24) is 0 Å². The van der Waals surface area contributed by atoms with Crippen LogP contribution in [0, 0.1) is 5.92 Å². The summed E-state index contributed by atoms with van der Waals surface area (Å²) in [6, 6.07) is 0. The summed E-state index contributed by atoms with van der Waals surface area (Å²) >= 11 is 0. The van der Waals surface area contributed by atoms with Crippen LogP contribution in [-0.2, 0) is 9.47 Å². The minimum Gasteiger partial charge on any atom is -0.390 e. The zero-order valence-corrected chi connectivity index (χ0v) is 9.21. The molecule has 0 bridgehead atoms. The van der Waals surface area contributed by atoms with Crippen LogP contribution in [0.5, 0.6) is 0 Å². The molecule has 0 aromatic carbocycles. The molecular weight excluding hydrogens is 192 g/mol. The molecule has 1 saturated carbocycles. The number of hydrogen-bond donors (Lipinski definition) is 1. The van der Waals surface area contributed by atoms with Gasteiger partial charge in [-0.05, 0) is 38.0 Å². The molecule has 3 aliphatic rings. The summed E-state index contributed by atoms with van der Waals surface area (Å²) in [6.45, 7) is 2.36. The van der Waals surface area contributed by atoms with E-state index in [1.165, 1.54) is 6.42 Å². The first-order valence-corrected chi connectivity index (χ1v) is 6.17. The summed E-state index contributed by atoms with van der Waals surface area (Å²) in [4.78, 5) is 0. The lowest BCUT2D eigenvalue weighted by atomic mass is 9.66. The summed E-state index contributed by atoms with van der Waals surface area (Å²) < 4.78 is 11.3. The molecule has 2 heterocycles. The van der Waals surface area contributed by atoms with Gasteiger partial charge in [0.05, 0.1) is 17.8 Å². The maximum absolute atomic E-state index is 10.4. The van der Waals surface area contributed by atoms with E-state index < -0.39 is 0 Å². The van der Waals surface area contributed by atoms with Gasteiger partial charge in [0.25, 0.3) is 0 Å². The van der Waals surface area contributed by atoms with E-state index in [1.807, 2.05) is 0 Å². The lowest BCUT2D eigenvalue weighted by Crippen LogP contribution is -2.52. The predicted octanol–water partition coefficient (Wildman–Crippen LogP) is 1.49. The van der Waals surface area contributed by atoms with Gasteiger partial charge in [-0.25, -0.2) is 0 Å². The minimum absolute atomic E-state index is 0.0474. The Morgan fingerprint density at radius 2 is 2.00 bits per heavy atom. The average molecular weight is 212 g/mol. The van der Waals surface area contributed by atoms with Crippen molar-refractivity contribution in [3.63, 3.8) is 0 Å². The van der Waals surface area contributed by atoms with Gasteiger partial charge in [-0.15, -0.1) is 0 Å². The molecule has 1 spiro atoms. The second kappa shape index (κ2) is 3.44. The fraction of sp³-hybridized carbons (Fsp3) is 1.00. The van der Waals surface area contributed by atoms with Gasteiger partial charge in [-0.3, -0.25) is 0 Å². The van der Waals surface area contributed by atoms with Crippen molar-refractivity contribution in [2.75, 3.05) is 19.8 Å². The molecule has 2 saturated heterocycles. The third-order valence-corrected chi connectivity index (χ3v) is 4.54. The molecule has 2 unspecified atom stereocenters. The van der Waals surface area contributed by atoms with Gasteiger partial charge in [0.1, 0.15) is 0 Å². The Labute approximate surface area is 90.8 Å². The van der Waals surface area contributed by atoms with Crippen LogP contribution in [0.3, 0.4) is 0 Å². The second-order valence-electron chi connectivity index (χ2n) is 5.48. The highest BCUT2D eigenvalue weighted by molar-refractivity contribution is 5.00. The molecule has 1 N–H and O–H groups in total. The monoisotopic (exact) mass is 212 g/mol. The van der Waals surface area contributed by atoms with E-state index in [-0.39, 0.29) is 11.2 Å². The summed E-state index contributed by atoms with van der Waals surface area (Å²) in [6.07, 6.45) is 6.22. The number of aliphatic hydroxyl groups is 1. The van der Waals surface area contributed by atoms with Crippen LogP contribution in [0.4, 0.5) is 0 Å². The normalized spacial score (nSPS) is 44.2. The van der Waals surface area contributed by atoms with Crippen molar-refractivity contribution < 1.29 is 14.6 Å². The maximum Gasteiger partial charge on any atom is 0.0940 e. The smallest absolute Gasteiger partial charge is 0.0940 e. The molecule has 2 atom stereocenters. The van der Waals surface area contributed by atoms with Crippen molar-refractivity contribution in [2.45, 2.75) is 49.7 Å². The van der Waals surface area contributed by atoms with Crippen LogP contribution >= 0.6 is 0 Å². The Bertz CT molecular complexity index is 241. The van der Waals surface area contributed by atoms with Crippen molar-refractivity contribution in [3.05, 3.63) is 0 Å². The van der Waals surface area contributed by atoms with E-state index >= 15 is 0 Å². The molecule has 15 heavy (non-hydrogen) atoms. The lowest BCUT2D eigenvalue weighted by molar-refractivity contribution is -0.165. The Kier molecular flexibility index (Phi) is 2.31. The number of hydrogen-bond acceptors (Lipinski definition) is 3. The van der Waals surface area contributed by atoms with Gasteiger partial charge < -0.3 is 14.6 Å². The first kappa shape index (κ1) is 10.1.